The standard InChI is InChI=1S/C26H25N3O4S/c30-26(20-10-12-24(13-11-20)34(31,32)29-14-4-1-5-15-29)27-18-23-17-25(33-28-23)22-9-8-19-6-2-3-7-21(19)16-22/h2-3,6-13,16-17H,1,4-5,14-15,18H2,(H,27,30). The predicted molar refractivity (Wildman–Crippen MR) is 130 cm³/mol. The Bertz CT molecular complexity index is 1420. The van der Waals surface area contributed by atoms with Gasteiger partial charge in [0.1, 0.15) is 5.69 Å². The first kappa shape index (κ1) is 22.3. The molecule has 5 rings (SSSR count). The lowest BCUT2D eigenvalue weighted by Gasteiger charge is -2.25. The maximum Gasteiger partial charge on any atom is 0.251 e. The number of nitrogens with one attached hydrogen (secondary N) is 1. The van der Waals surface area contributed by atoms with Crippen LogP contribution in [0.3, 0.4) is 0 Å². The summed E-state index contributed by atoms with van der Waals surface area (Å²) in [6.07, 6.45) is 2.81. The SMILES string of the molecule is O=C(NCc1cc(-c2ccc3ccccc3c2)on1)c1ccc(S(=O)(=O)N2CCCCC2)cc1. The molecule has 1 aliphatic heterocycles. The number of carbonyl (C=O) groups is 1. The van der Waals surface area contributed by atoms with E-state index in [0.717, 1.165) is 35.6 Å². The normalized spacial score (nSPS) is 14.8. The summed E-state index contributed by atoms with van der Waals surface area (Å²) in [5.41, 5.74) is 1.89. The molecule has 0 unspecified atom stereocenters. The van der Waals surface area contributed by atoms with Crippen molar-refractivity contribution in [1.82, 2.24) is 14.8 Å². The van der Waals surface area contributed by atoms with Gasteiger partial charge in [0.2, 0.25) is 10.0 Å². The van der Waals surface area contributed by atoms with Gasteiger partial charge in [0, 0.05) is 30.3 Å². The van der Waals surface area contributed by atoms with Crippen LogP contribution in [0.4, 0.5) is 0 Å². The molecular weight excluding hydrogens is 450 g/mol. The van der Waals surface area contributed by atoms with Crippen molar-refractivity contribution in [3.8, 4) is 11.3 Å². The van der Waals surface area contributed by atoms with Crippen molar-refractivity contribution in [2.24, 2.45) is 0 Å². The molecule has 174 valence electrons. The molecular formula is C26H25N3O4S. The molecule has 34 heavy (non-hydrogen) atoms. The second kappa shape index (κ2) is 9.40. The first-order valence-electron chi connectivity index (χ1n) is 11.3. The van der Waals surface area contributed by atoms with Crippen molar-refractivity contribution in [2.75, 3.05) is 13.1 Å². The molecule has 1 fully saturated rings. The van der Waals surface area contributed by atoms with Crippen LogP contribution in [-0.4, -0.2) is 36.9 Å². The lowest BCUT2D eigenvalue weighted by molar-refractivity contribution is 0.0950. The van der Waals surface area contributed by atoms with Crippen molar-refractivity contribution in [1.29, 1.82) is 0 Å². The van der Waals surface area contributed by atoms with Crippen LogP contribution >= 0.6 is 0 Å². The van der Waals surface area contributed by atoms with E-state index in [0.29, 0.717) is 30.1 Å². The molecule has 0 radical (unpaired) electrons. The lowest BCUT2D eigenvalue weighted by atomic mass is 10.1. The molecule has 1 aromatic heterocycles. The van der Waals surface area contributed by atoms with Gasteiger partial charge in [0.25, 0.3) is 5.91 Å². The van der Waals surface area contributed by atoms with Crippen LogP contribution in [0.1, 0.15) is 35.3 Å². The van der Waals surface area contributed by atoms with Crippen LogP contribution in [0, 0.1) is 0 Å². The summed E-state index contributed by atoms with van der Waals surface area (Å²) in [6, 6.07) is 22.0. The minimum absolute atomic E-state index is 0.198. The van der Waals surface area contributed by atoms with Gasteiger partial charge in [-0.25, -0.2) is 8.42 Å². The van der Waals surface area contributed by atoms with E-state index in [-0.39, 0.29) is 17.3 Å². The van der Waals surface area contributed by atoms with Gasteiger partial charge >= 0.3 is 0 Å². The molecule has 1 amide bonds. The highest BCUT2D eigenvalue weighted by molar-refractivity contribution is 7.89. The first-order valence-corrected chi connectivity index (χ1v) is 12.8. The number of carbonyl (C=O) groups excluding carboxylic acids is 1. The molecule has 0 aliphatic carbocycles. The van der Waals surface area contributed by atoms with Gasteiger partial charge in [0.05, 0.1) is 11.4 Å². The lowest BCUT2D eigenvalue weighted by Crippen LogP contribution is -2.35. The fraction of sp³-hybridized carbons (Fsp3) is 0.231. The van der Waals surface area contributed by atoms with Gasteiger partial charge in [-0.05, 0) is 53.9 Å². The van der Waals surface area contributed by atoms with Gasteiger partial charge in [-0.2, -0.15) is 4.31 Å². The second-order valence-electron chi connectivity index (χ2n) is 8.42. The molecule has 1 saturated heterocycles. The minimum Gasteiger partial charge on any atom is -0.356 e. The van der Waals surface area contributed by atoms with Crippen molar-refractivity contribution in [3.63, 3.8) is 0 Å². The van der Waals surface area contributed by atoms with E-state index in [1.165, 1.54) is 28.6 Å². The van der Waals surface area contributed by atoms with Crippen LogP contribution in [0.15, 0.2) is 82.2 Å². The number of aromatic nitrogens is 1. The van der Waals surface area contributed by atoms with Crippen LogP contribution in [0.25, 0.3) is 22.1 Å². The van der Waals surface area contributed by atoms with Gasteiger partial charge < -0.3 is 9.84 Å². The Hall–Kier alpha value is -3.49. The summed E-state index contributed by atoms with van der Waals surface area (Å²) >= 11 is 0. The third kappa shape index (κ3) is 4.60. The highest BCUT2D eigenvalue weighted by Gasteiger charge is 2.26. The Morgan fingerprint density at radius 2 is 1.65 bits per heavy atom. The van der Waals surface area contributed by atoms with Crippen molar-refractivity contribution >= 4 is 26.7 Å². The molecule has 0 atom stereocenters. The summed E-state index contributed by atoms with van der Waals surface area (Å²) in [4.78, 5) is 12.8. The van der Waals surface area contributed by atoms with Gasteiger partial charge in [0.15, 0.2) is 5.76 Å². The largest absolute Gasteiger partial charge is 0.356 e. The number of sulfonamides is 1. The van der Waals surface area contributed by atoms with Crippen molar-refractivity contribution in [2.45, 2.75) is 30.7 Å². The molecule has 8 heteroatoms. The molecule has 1 aliphatic rings. The molecule has 0 saturated carbocycles. The number of hydrogen-bond donors (Lipinski definition) is 1. The minimum atomic E-state index is -3.52. The van der Waals surface area contributed by atoms with Crippen molar-refractivity contribution < 1.29 is 17.7 Å². The molecule has 3 aromatic carbocycles. The molecule has 0 bridgehead atoms. The monoisotopic (exact) mass is 475 g/mol. The zero-order valence-electron chi connectivity index (χ0n) is 18.6. The predicted octanol–water partition coefficient (Wildman–Crippen LogP) is 4.60. The van der Waals surface area contributed by atoms with Crippen LogP contribution in [-0.2, 0) is 16.6 Å². The highest BCUT2D eigenvalue weighted by atomic mass is 32.2. The molecule has 7 nitrogen and oxygen atoms in total. The summed E-state index contributed by atoms with van der Waals surface area (Å²) < 4.78 is 32.5. The number of hydrogen-bond acceptors (Lipinski definition) is 5. The van der Waals surface area contributed by atoms with Crippen molar-refractivity contribution in [3.05, 3.63) is 84.1 Å². The number of fused-ring (bicyclic) bond motifs is 1. The van der Waals surface area contributed by atoms with E-state index in [1.54, 1.807) is 6.07 Å². The second-order valence-corrected chi connectivity index (χ2v) is 10.4. The maximum absolute atomic E-state index is 12.8. The van der Waals surface area contributed by atoms with E-state index in [1.807, 2.05) is 36.4 Å². The zero-order chi connectivity index (χ0) is 23.5. The number of nitrogens with zero attached hydrogens (tertiary/aromatic N) is 2. The number of rotatable bonds is 6. The van der Waals surface area contributed by atoms with E-state index >= 15 is 0 Å². The molecule has 2 heterocycles. The Balaban J connectivity index is 1.23. The quantitative estimate of drug-likeness (QED) is 0.440. The Morgan fingerprint density at radius 1 is 0.912 bits per heavy atom. The number of benzene rings is 3. The van der Waals surface area contributed by atoms with Gasteiger partial charge in [-0.15, -0.1) is 0 Å². The van der Waals surface area contributed by atoms with Crippen LogP contribution in [0.2, 0.25) is 0 Å². The third-order valence-corrected chi connectivity index (χ3v) is 8.01. The van der Waals surface area contributed by atoms with E-state index in [9.17, 15) is 13.2 Å². The number of piperidine rings is 1. The average molecular weight is 476 g/mol. The third-order valence-electron chi connectivity index (χ3n) is 6.09. The Labute approximate surface area is 198 Å². The fourth-order valence-electron chi connectivity index (χ4n) is 4.18. The maximum atomic E-state index is 12.8. The van der Waals surface area contributed by atoms with Crippen LogP contribution < -0.4 is 5.32 Å². The van der Waals surface area contributed by atoms with Gasteiger partial charge in [-0.1, -0.05) is 48.0 Å². The zero-order valence-corrected chi connectivity index (χ0v) is 19.4. The summed E-state index contributed by atoms with van der Waals surface area (Å²) in [6.45, 7) is 1.29. The molecule has 0 spiro atoms. The van der Waals surface area contributed by atoms with E-state index in [4.69, 9.17) is 4.52 Å². The fourth-order valence-corrected chi connectivity index (χ4v) is 5.70. The Kier molecular flexibility index (Phi) is 6.17. The summed E-state index contributed by atoms with van der Waals surface area (Å²) in [5.74, 6) is 0.319. The van der Waals surface area contributed by atoms with E-state index in [2.05, 4.69) is 16.5 Å². The van der Waals surface area contributed by atoms with Crippen LogP contribution in [0.5, 0.6) is 0 Å². The average Bonchev–Trinajstić information content (AvgIpc) is 3.37. The topological polar surface area (TPSA) is 92.5 Å². The Morgan fingerprint density at radius 3 is 2.41 bits per heavy atom. The molecule has 1 N–H and O–H groups in total. The molecule has 4 aromatic rings. The highest BCUT2D eigenvalue weighted by Crippen LogP contribution is 2.25. The summed E-state index contributed by atoms with van der Waals surface area (Å²) in [7, 11) is -3.52. The van der Waals surface area contributed by atoms with Gasteiger partial charge in [-0.3, -0.25) is 4.79 Å². The first-order chi connectivity index (χ1) is 16.5. The summed E-state index contributed by atoms with van der Waals surface area (Å²) in [5, 5.41) is 9.13. The smallest absolute Gasteiger partial charge is 0.251 e. The number of amides is 1. The van der Waals surface area contributed by atoms with E-state index < -0.39 is 10.0 Å².